The van der Waals surface area contributed by atoms with E-state index in [4.69, 9.17) is 4.74 Å². The summed E-state index contributed by atoms with van der Waals surface area (Å²) in [5, 5.41) is 9.51. The summed E-state index contributed by atoms with van der Waals surface area (Å²) in [6.45, 7) is 7.90. The van der Waals surface area contributed by atoms with Gasteiger partial charge in [0.25, 0.3) is 0 Å². The number of hydrogen-bond acceptors (Lipinski definition) is 3. The molecule has 4 nitrogen and oxygen atoms in total. The molecule has 0 unspecified atom stereocenters. The maximum Gasteiger partial charge on any atom is 0.418 e. The zero-order chi connectivity index (χ0) is 15.3. The number of phenolic OH excluding ortho intramolecular Hbond substituents is 1. The molecule has 1 N–H and O–H groups in total. The third-order valence-electron chi connectivity index (χ3n) is 2.70. The Bertz CT molecular complexity index is 605. The number of rotatable bonds is 2. The lowest BCUT2D eigenvalue weighted by molar-refractivity contribution is 0.148. The Morgan fingerprint density at radius 2 is 2.05 bits per heavy atom. The molecule has 5 heteroatoms. The minimum atomic E-state index is -0.724. The number of aromatic nitrogens is 1. The van der Waals surface area contributed by atoms with Crippen molar-refractivity contribution in [2.45, 2.75) is 34.1 Å². The van der Waals surface area contributed by atoms with Crippen LogP contribution in [0.4, 0.5) is 9.18 Å². The van der Waals surface area contributed by atoms with Gasteiger partial charge in [0, 0.05) is 11.1 Å². The molecule has 2 aromatic rings. The summed E-state index contributed by atoms with van der Waals surface area (Å²) < 4.78 is 20.0. The molecule has 1 aromatic carbocycles. The second-order valence-electron chi connectivity index (χ2n) is 4.07. The van der Waals surface area contributed by atoms with E-state index in [1.165, 1.54) is 22.8 Å². The zero-order valence-corrected chi connectivity index (χ0v) is 12.2. The van der Waals surface area contributed by atoms with Crippen molar-refractivity contribution in [3.63, 3.8) is 0 Å². The molecule has 0 spiro atoms. The van der Waals surface area contributed by atoms with Crippen molar-refractivity contribution in [3.05, 3.63) is 29.7 Å². The Labute approximate surface area is 117 Å². The first kappa shape index (κ1) is 16.0. The number of carbonyl (C=O) groups is 1. The van der Waals surface area contributed by atoms with Crippen molar-refractivity contribution in [1.29, 1.82) is 0 Å². The first-order valence-electron chi connectivity index (χ1n) is 6.73. The fraction of sp³-hybridized carbons (Fsp3) is 0.400. The lowest BCUT2D eigenvalue weighted by Crippen LogP contribution is -2.15. The lowest BCUT2D eigenvalue weighted by Gasteiger charge is -2.07. The van der Waals surface area contributed by atoms with Crippen molar-refractivity contribution in [2.75, 3.05) is 6.61 Å². The van der Waals surface area contributed by atoms with Gasteiger partial charge in [0.05, 0.1) is 12.1 Å². The SMILES string of the molecule is CC.CCCOC(=O)n1c(C)cc2c(F)c(O)ccc21. The van der Waals surface area contributed by atoms with E-state index in [1.807, 2.05) is 20.8 Å². The van der Waals surface area contributed by atoms with E-state index in [9.17, 15) is 14.3 Å². The van der Waals surface area contributed by atoms with Crippen LogP contribution in [0.2, 0.25) is 0 Å². The van der Waals surface area contributed by atoms with Gasteiger partial charge in [-0.15, -0.1) is 0 Å². The van der Waals surface area contributed by atoms with E-state index in [-0.39, 0.29) is 5.39 Å². The van der Waals surface area contributed by atoms with Gasteiger partial charge in [-0.05, 0) is 31.5 Å². The quantitative estimate of drug-likeness (QED) is 0.896. The summed E-state index contributed by atoms with van der Waals surface area (Å²) in [4.78, 5) is 11.9. The van der Waals surface area contributed by atoms with Crippen LogP contribution >= 0.6 is 0 Å². The van der Waals surface area contributed by atoms with Gasteiger partial charge in [0.2, 0.25) is 0 Å². The molecule has 0 aliphatic rings. The smallest absolute Gasteiger partial charge is 0.418 e. The van der Waals surface area contributed by atoms with Crippen LogP contribution in [0.3, 0.4) is 0 Å². The normalized spacial score (nSPS) is 10.1. The number of benzene rings is 1. The average molecular weight is 281 g/mol. The minimum Gasteiger partial charge on any atom is -0.505 e. The fourth-order valence-electron chi connectivity index (χ4n) is 1.86. The number of ether oxygens (including phenoxy) is 1. The van der Waals surface area contributed by atoms with Gasteiger partial charge in [0.15, 0.2) is 11.6 Å². The van der Waals surface area contributed by atoms with E-state index in [2.05, 4.69) is 0 Å². The summed E-state index contributed by atoms with van der Waals surface area (Å²) in [5.41, 5.74) is 0.958. The standard InChI is InChI=1S/C13H14FNO3.C2H6/c1-3-6-18-13(17)15-8(2)7-9-10(15)4-5-11(16)12(9)14;1-2/h4-5,7,16H,3,6H2,1-2H3;1-2H3. The lowest BCUT2D eigenvalue weighted by atomic mass is 10.2. The molecule has 0 saturated carbocycles. The molecule has 0 bridgehead atoms. The van der Waals surface area contributed by atoms with E-state index in [0.717, 1.165) is 6.42 Å². The second-order valence-corrected chi connectivity index (χ2v) is 4.07. The highest BCUT2D eigenvalue weighted by Gasteiger charge is 2.17. The molecular formula is C15H20FNO3. The van der Waals surface area contributed by atoms with Crippen LogP contribution in [0.25, 0.3) is 10.9 Å². The van der Waals surface area contributed by atoms with Crippen LogP contribution in [-0.2, 0) is 4.74 Å². The van der Waals surface area contributed by atoms with Crippen molar-refractivity contribution >= 4 is 17.0 Å². The molecule has 20 heavy (non-hydrogen) atoms. The van der Waals surface area contributed by atoms with Crippen LogP contribution in [0, 0.1) is 12.7 Å². The number of halogens is 1. The summed E-state index contributed by atoms with van der Waals surface area (Å²) in [6, 6.07) is 4.23. The molecule has 2 rings (SSSR count). The number of phenols is 1. The monoisotopic (exact) mass is 281 g/mol. The van der Waals surface area contributed by atoms with Gasteiger partial charge in [-0.2, -0.15) is 0 Å². The van der Waals surface area contributed by atoms with Crippen LogP contribution in [-0.4, -0.2) is 22.4 Å². The van der Waals surface area contributed by atoms with Crippen LogP contribution in [0.5, 0.6) is 5.75 Å². The predicted molar refractivity (Wildman–Crippen MR) is 76.7 cm³/mol. The van der Waals surface area contributed by atoms with Crippen molar-refractivity contribution in [3.8, 4) is 5.75 Å². The number of carbonyl (C=O) groups excluding carboxylic acids is 1. The number of nitrogens with zero attached hydrogens (tertiary/aromatic N) is 1. The highest BCUT2D eigenvalue weighted by molar-refractivity contribution is 5.92. The van der Waals surface area contributed by atoms with E-state index >= 15 is 0 Å². The van der Waals surface area contributed by atoms with Gasteiger partial charge in [-0.3, -0.25) is 0 Å². The summed E-state index contributed by atoms with van der Waals surface area (Å²) >= 11 is 0. The largest absolute Gasteiger partial charge is 0.505 e. The third kappa shape index (κ3) is 2.92. The molecule has 0 saturated heterocycles. The molecule has 1 heterocycles. The van der Waals surface area contributed by atoms with Crippen LogP contribution in [0.1, 0.15) is 32.9 Å². The summed E-state index contributed by atoms with van der Waals surface area (Å²) in [7, 11) is 0. The van der Waals surface area contributed by atoms with Gasteiger partial charge >= 0.3 is 6.09 Å². The van der Waals surface area contributed by atoms with Gasteiger partial charge in [-0.25, -0.2) is 13.8 Å². The summed E-state index contributed by atoms with van der Waals surface area (Å²) in [6.07, 6.45) is 0.188. The topological polar surface area (TPSA) is 51.5 Å². The average Bonchev–Trinajstić information content (AvgIpc) is 2.80. The van der Waals surface area contributed by atoms with Gasteiger partial charge in [-0.1, -0.05) is 20.8 Å². The molecule has 0 fully saturated rings. The van der Waals surface area contributed by atoms with E-state index < -0.39 is 17.7 Å². The summed E-state index contributed by atoms with van der Waals surface area (Å²) in [5.74, 6) is -1.15. The molecule has 0 aliphatic heterocycles. The van der Waals surface area contributed by atoms with Crippen molar-refractivity contribution in [2.24, 2.45) is 0 Å². The Kier molecular flexibility index (Phi) is 5.55. The highest BCUT2D eigenvalue weighted by Crippen LogP contribution is 2.28. The maximum atomic E-state index is 13.7. The Morgan fingerprint density at radius 3 is 2.65 bits per heavy atom. The van der Waals surface area contributed by atoms with Gasteiger partial charge in [0.1, 0.15) is 0 Å². The van der Waals surface area contributed by atoms with Crippen LogP contribution in [0.15, 0.2) is 18.2 Å². The molecule has 0 radical (unpaired) electrons. The number of aromatic hydroxyl groups is 1. The van der Waals surface area contributed by atoms with Crippen LogP contribution < -0.4 is 0 Å². The minimum absolute atomic E-state index is 0.209. The molecular weight excluding hydrogens is 261 g/mol. The first-order chi connectivity index (χ1) is 9.56. The maximum absolute atomic E-state index is 13.7. The number of hydrogen-bond donors (Lipinski definition) is 1. The Morgan fingerprint density at radius 1 is 1.40 bits per heavy atom. The van der Waals surface area contributed by atoms with Crippen molar-refractivity contribution < 1.29 is 19.0 Å². The predicted octanol–water partition coefficient (Wildman–Crippen LogP) is 4.22. The Balaban J connectivity index is 0.000000956. The van der Waals surface area contributed by atoms with E-state index in [0.29, 0.717) is 17.8 Å². The molecule has 0 amide bonds. The highest BCUT2D eigenvalue weighted by atomic mass is 19.1. The molecule has 0 aliphatic carbocycles. The third-order valence-corrected chi connectivity index (χ3v) is 2.70. The first-order valence-corrected chi connectivity index (χ1v) is 6.73. The number of aryl methyl sites for hydroxylation is 1. The van der Waals surface area contributed by atoms with Gasteiger partial charge < -0.3 is 9.84 Å². The molecule has 110 valence electrons. The van der Waals surface area contributed by atoms with Crippen molar-refractivity contribution in [1.82, 2.24) is 4.57 Å². The van der Waals surface area contributed by atoms with E-state index in [1.54, 1.807) is 6.92 Å². The molecule has 1 aromatic heterocycles. The fourth-order valence-corrected chi connectivity index (χ4v) is 1.86. The second kappa shape index (κ2) is 6.93. The zero-order valence-electron chi connectivity index (χ0n) is 12.2. The number of fused-ring (bicyclic) bond motifs is 1. The Hall–Kier alpha value is -2.04. The molecule has 0 atom stereocenters.